The van der Waals surface area contributed by atoms with Gasteiger partial charge >= 0.3 is 0 Å². The van der Waals surface area contributed by atoms with E-state index in [-0.39, 0.29) is 12.4 Å². The minimum atomic E-state index is -0.350. The first-order chi connectivity index (χ1) is 12.1. The average Bonchev–Trinajstić information content (AvgIpc) is 2.64. The second-order valence-corrected chi connectivity index (χ2v) is 5.40. The molecular weight excluding hydrogens is 319 g/mol. The second-order valence-electron chi connectivity index (χ2n) is 5.40. The van der Waals surface area contributed by atoms with Gasteiger partial charge in [-0.3, -0.25) is 4.99 Å². The Labute approximate surface area is 147 Å². The zero-order valence-electron chi connectivity index (χ0n) is 14.4. The van der Waals surface area contributed by atoms with Crippen LogP contribution in [0.25, 0.3) is 0 Å². The number of aliphatic imine (C=N–C) groups is 1. The predicted octanol–water partition coefficient (Wildman–Crippen LogP) is 2.78. The van der Waals surface area contributed by atoms with E-state index in [1.165, 1.54) is 18.2 Å². The molecule has 0 spiro atoms. The third-order valence-electron chi connectivity index (χ3n) is 3.62. The maximum atomic E-state index is 13.8. The van der Waals surface area contributed by atoms with E-state index in [4.69, 9.17) is 10.00 Å². The quantitative estimate of drug-likeness (QED) is 0.649. The van der Waals surface area contributed by atoms with Gasteiger partial charge in [0.1, 0.15) is 18.2 Å². The molecule has 6 heteroatoms. The summed E-state index contributed by atoms with van der Waals surface area (Å²) in [5.41, 5.74) is 0.854. The second kappa shape index (κ2) is 9.28. The van der Waals surface area contributed by atoms with Crippen molar-refractivity contribution in [1.29, 1.82) is 5.26 Å². The van der Waals surface area contributed by atoms with Crippen LogP contribution in [0.15, 0.2) is 53.5 Å². The van der Waals surface area contributed by atoms with Gasteiger partial charge in [-0.2, -0.15) is 5.26 Å². The molecule has 0 heterocycles. The number of ether oxygens (including phenoxy) is 1. The standard InChI is InChI=1S/C19H21FN4O/c1-22-19(23-14-16-12-15(13-21)8-9-18(16)20)24(2)10-11-25-17-6-4-3-5-7-17/h3-9,12H,10-11,14H2,1-2H3,(H,22,23). The van der Waals surface area contributed by atoms with Crippen LogP contribution in [0.5, 0.6) is 5.75 Å². The molecule has 0 radical (unpaired) electrons. The molecule has 1 N–H and O–H groups in total. The molecule has 2 rings (SSSR count). The van der Waals surface area contributed by atoms with Gasteiger partial charge in [0, 0.05) is 26.2 Å². The van der Waals surface area contributed by atoms with E-state index in [0.717, 1.165) is 5.75 Å². The van der Waals surface area contributed by atoms with Gasteiger partial charge in [-0.05, 0) is 30.3 Å². The zero-order chi connectivity index (χ0) is 18.1. The Hall–Kier alpha value is -3.07. The van der Waals surface area contributed by atoms with Crippen LogP contribution in [0.2, 0.25) is 0 Å². The third kappa shape index (κ3) is 5.50. The van der Waals surface area contributed by atoms with E-state index in [2.05, 4.69) is 10.3 Å². The van der Waals surface area contributed by atoms with E-state index in [1.54, 1.807) is 7.05 Å². The van der Waals surface area contributed by atoms with Gasteiger partial charge in [-0.15, -0.1) is 0 Å². The maximum absolute atomic E-state index is 13.8. The van der Waals surface area contributed by atoms with Gasteiger partial charge < -0.3 is 15.0 Å². The smallest absolute Gasteiger partial charge is 0.193 e. The number of likely N-dealkylation sites (N-methyl/N-ethyl adjacent to an activating group) is 1. The molecule has 2 aromatic carbocycles. The molecule has 0 aliphatic carbocycles. The van der Waals surface area contributed by atoms with Crippen molar-refractivity contribution in [2.75, 3.05) is 27.2 Å². The van der Waals surface area contributed by atoms with Crippen LogP contribution < -0.4 is 10.1 Å². The molecule has 0 fully saturated rings. The van der Waals surface area contributed by atoms with Crippen LogP contribution in [0.1, 0.15) is 11.1 Å². The van der Waals surface area contributed by atoms with Crippen molar-refractivity contribution in [2.45, 2.75) is 6.54 Å². The van der Waals surface area contributed by atoms with Crippen molar-refractivity contribution in [2.24, 2.45) is 4.99 Å². The average molecular weight is 340 g/mol. The summed E-state index contributed by atoms with van der Waals surface area (Å²) in [6.07, 6.45) is 0. The van der Waals surface area contributed by atoms with Crippen LogP contribution in [0.4, 0.5) is 4.39 Å². The topological polar surface area (TPSA) is 60.7 Å². The lowest BCUT2D eigenvalue weighted by atomic mass is 10.1. The van der Waals surface area contributed by atoms with Gasteiger partial charge in [-0.1, -0.05) is 18.2 Å². The molecule has 0 amide bonds. The molecule has 0 aliphatic rings. The number of benzene rings is 2. The van der Waals surface area contributed by atoms with E-state index in [0.29, 0.717) is 30.2 Å². The first-order valence-corrected chi connectivity index (χ1v) is 7.92. The fraction of sp³-hybridized carbons (Fsp3) is 0.263. The van der Waals surface area contributed by atoms with Gasteiger partial charge in [-0.25, -0.2) is 4.39 Å². The predicted molar refractivity (Wildman–Crippen MR) is 95.9 cm³/mol. The molecule has 0 saturated heterocycles. The molecule has 0 bridgehead atoms. The van der Waals surface area contributed by atoms with Crippen molar-refractivity contribution >= 4 is 5.96 Å². The molecule has 0 aromatic heterocycles. The summed E-state index contributed by atoms with van der Waals surface area (Å²) in [6, 6.07) is 15.9. The van der Waals surface area contributed by atoms with Crippen molar-refractivity contribution in [3.8, 4) is 11.8 Å². The van der Waals surface area contributed by atoms with Gasteiger partial charge in [0.2, 0.25) is 0 Å². The number of halogens is 1. The largest absolute Gasteiger partial charge is 0.492 e. The Bertz CT molecular complexity index is 756. The van der Waals surface area contributed by atoms with Crippen LogP contribution in [-0.2, 0) is 6.54 Å². The minimum absolute atomic E-state index is 0.248. The van der Waals surface area contributed by atoms with E-state index < -0.39 is 0 Å². The Balaban J connectivity index is 1.86. The highest BCUT2D eigenvalue weighted by Crippen LogP contribution is 2.10. The summed E-state index contributed by atoms with van der Waals surface area (Å²) in [6.45, 7) is 1.37. The summed E-state index contributed by atoms with van der Waals surface area (Å²) in [4.78, 5) is 6.09. The third-order valence-corrected chi connectivity index (χ3v) is 3.62. The van der Waals surface area contributed by atoms with E-state index >= 15 is 0 Å². The van der Waals surface area contributed by atoms with Gasteiger partial charge in [0.15, 0.2) is 5.96 Å². The molecule has 130 valence electrons. The Morgan fingerprint density at radius 3 is 2.72 bits per heavy atom. The fourth-order valence-electron chi connectivity index (χ4n) is 2.26. The van der Waals surface area contributed by atoms with Crippen molar-refractivity contribution in [3.05, 3.63) is 65.5 Å². The number of nitriles is 1. The molecule has 25 heavy (non-hydrogen) atoms. The van der Waals surface area contributed by atoms with E-state index in [9.17, 15) is 4.39 Å². The summed E-state index contributed by atoms with van der Waals surface area (Å²) in [5, 5.41) is 12.0. The Morgan fingerprint density at radius 2 is 2.04 bits per heavy atom. The number of guanidine groups is 1. The number of nitrogens with zero attached hydrogens (tertiary/aromatic N) is 3. The van der Waals surface area contributed by atoms with Crippen molar-refractivity contribution < 1.29 is 9.13 Å². The minimum Gasteiger partial charge on any atom is -0.492 e. The summed E-state index contributed by atoms with van der Waals surface area (Å²) >= 11 is 0. The maximum Gasteiger partial charge on any atom is 0.193 e. The SMILES string of the molecule is CN=C(NCc1cc(C#N)ccc1F)N(C)CCOc1ccccc1. The molecule has 0 saturated carbocycles. The van der Waals surface area contributed by atoms with Crippen LogP contribution in [-0.4, -0.2) is 38.1 Å². The van der Waals surface area contributed by atoms with E-state index in [1.807, 2.05) is 48.3 Å². The lowest BCUT2D eigenvalue weighted by Crippen LogP contribution is -2.40. The monoisotopic (exact) mass is 340 g/mol. The highest BCUT2D eigenvalue weighted by atomic mass is 19.1. The van der Waals surface area contributed by atoms with Gasteiger partial charge in [0.05, 0.1) is 18.2 Å². The molecule has 0 atom stereocenters. The fourth-order valence-corrected chi connectivity index (χ4v) is 2.26. The number of hydrogen-bond donors (Lipinski definition) is 1. The highest BCUT2D eigenvalue weighted by molar-refractivity contribution is 5.79. The number of hydrogen-bond acceptors (Lipinski definition) is 3. The highest BCUT2D eigenvalue weighted by Gasteiger charge is 2.08. The van der Waals surface area contributed by atoms with Crippen molar-refractivity contribution in [1.82, 2.24) is 10.2 Å². The lowest BCUT2D eigenvalue weighted by molar-refractivity contribution is 0.281. The summed E-state index contributed by atoms with van der Waals surface area (Å²) in [5.74, 6) is 1.09. The molecule has 0 unspecified atom stereocenters. The normalized spacial score (nSPS) is 10.9. The first-order valence-electron chi connectivity index (χ1n) is 7.92. The first kappa shape index (κ1) is 18.3. The van der Waals surface area contributed by atoms with Crippen LogP contribution in [0, 0.1) is 17.1 Å². The van der Waals surface area contributed by atoms with Gasteiger partial charge in [0.25, 0.3) is 0 Å². The summed E-state index contributed by atoms with van der Waals surface area (Å²) < 4.78 is 19.5. The molecular formula is C19H21FN4O. The molecule has 2 aromatic rings. The lowest BCUT2D eigenvalue weighted by Gasteiger charge is -2.22. The van der Waals surface area contributed by atoms with Crippen LogP contribution in [0.3, 0.4) is 0 Å². The Kier molecular flexibility index (Phi) is 6.78. The number of para-hydroxylation sites is 1. The molecule has 0 aliphatic heterocycles. The van der Waals surface area contributed by atoms with Crippen LogP contribution >= 0.6 is 0 Å². The zero-order valence-corrected chi connectivity index (χ0v) is 14.4. The van der Waals surface area contributed by atoms with Crippen molar-refractivity contribution in [3.63, 3.8) is 0 Å². The number of nitrogens with one attached hydrogen (secondary N) is 1. The Morgan fingerprint density at radius 1 is 1.28 bits per heavy atom. The summed E-state index contributed by atoms with van der Waals surface area (Å²) in [7, 11) is 3.55. The number of rotatable bonds is 6. The molecule has 5 nitrogen and oxygen atoms in total.